The van der Waals surface area contributed by atoms with E-state index in [9.17, 15) is 9.90 Å². The smallest absolute Gasteiger partial charge is 0.261 e. The number of rotatable bonds is 7. The van der Waals surface area contributed by atoms with E-state index in [4.69, 9.17) is 10.1 Å². The molecule has 1 saturated heterocycles. The monoisotopic (exact) mass is 518 g/mol. The van der Waals surface area contributed by atoms with Crippen LogP contribution in [-0.2, 0) is 17.8 Å². The molecule has 1 atom stereocenters. The van der Waals surface area contributed by atoms with Gasteiger partial charge in [-0.25, -0.2) is 9.98 Å². The van der Waals surface area contributed by atoms with Gasteiger partial charge in [0, 0.05) is 75.6 Å². The van der Waals surface area contributed by atoms with Gasteiger partial charge in [0.15, 0.2) is 0 Å². The lowest BCUT2D eigenvalue weighted by Gasteiger charge is -2.37. The molecule has 0 spiro atoms. The molecular formula is C27H34N8O3. The molecule has 11 nitrogen and oxygen atoms in total. The van der Waals surface area contributed by atoms with Gasteiger partial charge in [-0.1, -0.05) is 0 Å². The first-order chi connectivity index (χ1) is 18.2. The summed E-state index contributed by atoms with van der Waals surface area (Å²) in [6.45, 7) is 9.34. The van der Waals surface area contributed by atoms with Crippen LogP contribution in [0.25, 0.3) is 0 Å². The first-order valence-corrected chi connectivity index (χ1v) is 12.7. The van der Waals surface area contributed by atoms with Gasteiger partial charge in [-0.3, -0.25) is 9.69 Å². The zero-order valence-electron chi connectivity index (χ0n) is 21.9. The third kappa shape index (κ3) is 5.07. The van der Waals surface area contributed by atoms with Crippen LogP contribution >= 0.6 is 0 Å². The highest BCUT2D eigenvalue weighted by Gasteiger charge is 2.47. The quantitative estimate of drug-likeness (QED) is 0.279. The minimum atomic E-state index is -1.07. The fourth-order valence-corrected chi connectivity index (χ4v) is 4.85. The molecule has 0 saturated carbocycles. The third-order valence-corrected chi connectivity index (χ3v) is 7.49. The van der Waals surface area contributed by atoms with Crippen LogP contribution in [0.5, 0.6) is 5.75 Å². The van der Waals surface area contributed by atoms with Crippen LogP contribution < -0.4 is 20.3 Å². The minimum Gasteiger partial charge on any atom is -0.484 e. The molecule has 11 heteroatoms. The summed E-state index contributed by atoms with van der Waals surface area (Å²) in [6, 6.07) is 3.89. The number of allylic oxidation sites excluding steroid dienone is 1. The van der Waals surface area contributed by atoms with Crippen molar-refractivity contribution in [2.45, 2.75) is 44.9 Å². The van der Waals surface area contributed by atoms with Crippen LogP contribution in [0.2, 0.25) is 0 Å². The van der Waals surface area contributed by atoms with Crippen molar-refractivity contribution in [3.8, 4) is 5.75 Å². The van der Waals surface area contributed by atoms with Crippen LogP contribution in [0.4, 0.5) is 11.4 Å². The van der Waals surface area contributed by atoms with Crippen molar-refractivity contribution in [3.63, 3.8) is 0 Å². The average molecular weight is 519 g/mol. The SMILES string of the molecule is CC(C)(O)[C@]1(C)Cc2cc(NC(=O)/C(C=N)=C3\N=CC=CN3)c(N3CCN(Cc4c[nH]cn4)CC3)cc2O1. The van der Waals surface area contributed by atoms with Crippen LogP contribution in [0.3, 0.4) is 0 Å². The van der Waals surface area contributed by atoms with Crippen molar-refractivity contribution in [2.24, 2.45) is 4.99 Å². The number of piperazine rings is 1. The maximum Gasteiger partial charge on any atom is 0.261 e. The number of aliphatic imine (C=N–C) groups is 1. The van der Waals surface area contributed by atoms with Crippen molar-refractivity contribution < 1.29 is 14.6 Å². The van der Waals surface area contributed by atoms with E-state index in [2.05, 4.69) is 35.4 Å². The molecule has 3 aliphatic heterocycles. The van der Waals surface area contributed by atoms with Crippen molar-refractivity contribution in [2.75, 3.05) is 36.4 Å². The highest BCUT2D eigenvalue weighted by atomic mass is 16.5. The van der Waals surface area contributed by atoms with Gasteiger partial charge in [-0.2, -0.15) is 0 Å². The van der Waals surface area contributed by atoms with Gasteiger partial charge in [-0.05, 0) is 32.9 Å². The molecule has 5 N–H and O–H groups in total. The summed E-state index contributed by atoms with van der Waals surface area (Å²) in [5.74, 6) is 0.584. The Labute approximate surface area is 221 Å². The molecule has 1 aromatic carbocycles. The second-order valence-electron chi connectivity index (χ2n) is 10.5. The molecule has 200 valence electrons. The summed E-state index contributed by atoms with van der Waals surface area (Å²) in [6.07, 6.45) is 10.1. The van der Waals surface area contributed by atoms with Crippen LogP contribution in [0, 0.1) is 5.41 Å². The van der Waals surface area contributed by atoms with E-state index in [1.807, 2.05) is 25.3 Å². The Kier molecular flexibility index (Phi) is 6.80. The number of ether oxygens (including phenoxy) is 1. The maximum absolute atomic E-state index is 13.3. The summed E-state index contributed by atoms with van der Waals surface area (Å²) in [4.78, 5) is 29.4. The number of nitrogens with zero attached hydrogens (tertiary/aromatic N) is 4. The van der Waals surface area contributed by atoms with Crippen molar-refractivity contribution in [1.82, 2.24) is 20.2 Å². The Hall–Kier alpha value is -3.96. The molecule has 3 aliphatic rings. The summed E-state index contributed by atoms with van der Waals surface area (Å²) < 4.78 is 6.31. The second-order valence-corrected chi connectivity index (χ2v) is 10.5. The van der Waals surface area contributed by atoms with E-state index in [1.54, 1.807) is 38.7 Å². The Balaban J connectivity index is 1.43. The van der Waals surface area contributed by atoms with Gasteiger partial charge in [0.05, 0.1) is 34.6 Å². The van der Waals surface area contributed by atoms with Crippen LogP contribution in [0.1, 0.15) is 32.0 Å². The molecule has 1 amide bonds. The van der Waals surface area contributed by atoms with Gasteiger partial charge in [0.1, 0.15) is 17.2 Å². The number of hydrogen-bond donors (Lipinski definition) is 5. The van der Waals surface area contributed by atoms with Crippen molar-refractivity contribution in [3.05, 3.63) is 59.6 Å². The van der Waals surface area contributed by atoms with E-state index < -0.39 is 17.1 Å². The normalized spacial score (nSPS) is 22.5. The maximum atomic E-state index is 13.3. The Bertz CT molecular complexity index is 1300. The molecular weight excluding hydrogens is 484 g/mol. The van der Waals surface area contributed by atoms with Crippen LogP contribution in [-0.4, -0.2) is 75.7 Å². The van der Waals surface area contributed by atoms with E-state index in [0.29, 0.717) is 23.7 Å². The molecule has 0 bridgehead atoms. The number of imidazole rings is 1. The molecule has 4 heterocycles. The van der Waals surface area contributed by atoms with Gasteiger partial charge in [0.2, 0.25) is 0 Å². The van der Waals surface area contributed by atoms with Crippen molar-refractivity contribution >= 4 is 29.7 Å². The molecule has 5 rings (SSSR count). The molecule has 0 unspecified atom stereocenters. The molecule has 2 aromatic rings. The topological polar surface area (TPSA) is 142 Å². The Morgan fingerprint density at radius 3 is 2.74 bits per heavy atom. The predicted octanol–water partition coefficient (Wildman–Crippen LogP) is 2.18. The van der Waals surface area contributed by atoms with E-state index in [-0.39, 0.29) is 5.57 Å². The fourth-order valence-electron chi connectivity index (χ4n) is 4.85. The summed E-state index contributed by atoms with van der Waals surface area (Å²) in [7, 11) is 0. The van der Waals surface area contributed by atoms with Gasteiger partial charge < -0.3 is 35.8 Å². The largest absolute Gasteiger partial charge is 0.484 e. The highest BCUT2D eigenvalue weighted by Crippen LogP contribution is 2.45. The zero-order valence-corrected chi connectivity index (χ0v) is 21.9. The molecule has 0 radical (unpaired) electrons. The van der Waals surface area contributed by atoms with Crippen LogP contribution in [0.15, 0.2) is 53.3 Å². The standard InChI is InChI=1S/C27H34N8O3/c1-26(2,37)27(3)13-18-11-21(33-25(36)20(14-28)24-30-5-4-6-31-24)22(12-23(18)38-27)35-9-7-34(8-10-35)16-19-15-29-17-32-19/h4-6,11-12,14-15,17,28,30,37H,7-10,13,16H2,1-3H3,(H,29,32)(H,33,36)/b24-20-,28-14?/t27-/m0/s1. The number of carbonyl (C=O) groups excluding carboxylic acids is 1. The van der Waals surface area contributed by atoms with Crippen molar-refractivity contribution in [1.29, 1.82) is 5.41 Å². The predicted molar refractivity (Wildman–Crippen MR) is 147 cm³/mol. The number of anilines is 2. The first kappa shape index (κ1) is 25.7. The first-order valence-electron chi connectivity index (χ1n) is 12.7. The van der Waals surface area contributed by atoms with Gasteiger partial charge >= 0.3 is 0 Å². The lowest BCUT2D eigenvalue weighted by molar-refractivity contribution is -0.112. The van der Waals surface area contributed by atoms with E-state index >= 15 is 0 Å². The number of nitrogens with one attached hydrogen (secondary N) is 4. The summed E-state index contributed by atoms with van der Waals surface area (Å²) in [5, 5.41) is 24.6. The average Bonchev–Trinajstić information content (AvgIpc) is 3.52. The molecule has 1 aromatic heterocycles. The Morgan fingerprint density at radius 2 is 2.11 bits per heavy atom. The second kappa shape index (κ2) is 10.1. The number of H-pyrrole nitrogens is 1. The zero-order chi connectivity index (χ0) is 26.9. The van der Waals surface area contributed by atoms with Gasteiger partial charge in [0.25, 0.3) is 5.91 Å². The highest BCUT2D eigenvalue weighted by molar-refractivity contribution is 6.18. The number of fused-ring (bicyclic) bond motifs is 1. The van der Waals surface area contributed by atoms with E-state index in [1.165, 1.54) is 0 Å². The minimum absolute atomic E-state index is 0.124. The number of amides is 1. The third-order valence-electron chi connectivity index (χ3n) is 7.49. The fraction of sp³-hybridized carbons (Fsp3) is 0.407. The summed E-state index contributed by atoms with van der Waals surface area (Å²) >= 11 is 0. The number of hydrogen-bond acceptors (Lipinski definition) is 9. The van der Waals surface area contributed by atoms with Gasteiger partial charge in [-0.15, -0.1) is 0 Å². The van der Waals surface area contributed by atoms with E-state index in [0.717, 1.165) is 55.9 Å². The number of aromatic amines is 1. The lowest BCUT2D eigenvalue weighted by atomic mass is 9.84. The number of aliphatic hydroxyl groups is 1. The molecule has 38 heavy (non-hydrogen) atoms. The lowest BCUT2D eigenvalue weighted by Crippen LogP contribution is -2.51. The summed E-state index contributed by atoms with van der Waals surface area (Å²) in [5.41, 5.74) is 1.64. The number of benzene rings is 1. The number of aromatic nitrogens is 2. The number of carbonyl (C=O) groups is 1. The Morgan fingerprint density at radius 1 is 1.32 bits per heavy atom. The molecule has 1 fully saturated rings. The molecule has 0 aliphatic carbocycles.